The number of rotatable bonds is 4. The van der Waals surface area contributed by atoms with Gasteiger partial charge in [0.1, 0.15) is 0 Å². The first-order valence-corrected chi connectivity index (χ1v) is 7.68. The lowest BCUT2D eigenvalue weighted by Crippen LogP contribution is -2.47. The molecule has 4 heteroatoms. The van der Waals surface area contributed by atoms with Crippen LogP contribution in [-0.4, -0.2) is 41.6 Å². The molecule has 21 heavy (non-hydrogen) atoms. The minimum absolute atomic E-state index is 0.208. The van der Waals surface area contributed by atoms with Crippen molar-refractivity contribution in [3.63, 3.8) is 0 Å². The Labute approximate surface area is 125 Å². The predicted octanol–water partition coefficient (Wildman–Crippen LogP) is 2.74. The van der Waals surface area contributed by atoms with Crippen molar-refractivity contribution in [3.05, 3.63) is 36.0 Å². The molecule has 4 nitrogen and oxygen atoms in total. The summed E-state index contributed by atoms with van der Waals surface area (Å²) in [4.78, 5) is 17.5. The van der Waals surface area contributed by atoms with E-state index in [0.29, 0.717) is 19.6 Å². The van der Waals surface area contributed by atoms with E-state index in [1.807, 2.05) is 11.0 Å². The van der Waals surface area contributed by atoms with Crippen LogP contribution in [0.3, 0.4) is 0 Å². The number of morpholine rings is 1. The summed E-state index contributed by atoms with van der Waals surface area (Å²) in [6.07, 6.45) is 4.51. The van der Waals surface area contributed by atoms with E-state index in [-0.39, 0.29) is 11.9 Å². The molecule has 1 aromatic carbocycles. The second kappa shape index (κ2) is 6.31. The topological polar surface area (TPSA) is 45.3 Å². The van der Waals surface area contributed by atoms with Gasteiger partial charge in [0, 0.05) is 30.1 Å². The maximum atomic E-state index is 12.3. The Hall–Kier alpha value is -1.81. The lowest BCUT2D eigenvalue weighted by molar-refractivity contribution is -0.139. The molecule has 0 aliphatic carbocycles. The van der Waals surface area contributed by atoms with Crippen molar-refractivity contribution < 1.29 is 9.53 Å². The van der Waals surface area contributed by atoms with Crippen LogP contribution >= 0.6 is 0 Å². The summed E-state index contributed by atoms with van der Waals surface area (Å²) in [5, 5.41) is 1.27. The summed E-state index contributed by atoms with van der Waals surface area (Å²) in [6.45, 7) is 4.11. The number of aromatic amines is 1. The van der Waals surface area contributed by atoms with Gasteiger partial charge in [-0.1, -0.05) is 18.2 Å². The number of nitrogens with one attached hydrogen (secondary N) is 1. The average Bonchev–Trinajstić information content (AvgIpc) is 2.91. The Balaban J connectivity index is 1.55. The van der Waals surface area contributed by atoms with Crippen LogP contribution in [0.5, 0.6) is 0 Å². The van der Waals surface area contributed by atoms with E-state index in [2.05, 4.69) is 36.3 Å². The molecule has 1 aliphatic rings. The molecule has 1 amide bonds. The molecule has 1 fully saturated rings. The first kappa shape index (κ1) is 14.1. The predicted molar refractivity (Wildman–Crippen MR) is 83.2 cm³/mol. The van der Waals surface area contributed by atoms with Crippen LogP contribution in [0.2, 0.25) is 0 Å². The third kappa shape index (κ3) is 3.10. The lowest BCUT2D eigenvalue weighted by Gasteiger charge is -2.33. The SMILES string of the molecule is C[C@@H]1COCCN1C(=O)CCCc1c[nH]c2ccccc12. The fourth-order valence-corrected chi connectivity index (χ4v) is 3.01. The highest BCUT2D eigenvalue weighted by molar-refractivity contribution is 5.83. The van der Waals surface area contributed by atoms with Gasteiger partial charge in [-0.25, -0.2) is 0 Å². The van der Waals surface area contributed by atoms with Gasteiger partial charge in [-0.05, 0) is 31.4 Å². The van der Waals surface area contributed by atoms with Crippen LogP contribution in [-0.2, 0) is 16.0 Å². The van der Waals surface area contributed by atoms with Crippen LogP contribution in [0.25, 0.3) is 10.9 Å². The number of H-pyrrole nitrogens is 1. The van der Waals surface area contributed by atoms with Crippen molar-refractivity contribution in [3.8, 4) is 0 Å². The van der Waals surface area contributed by atoms with Crippen LogP contribution in [0.15, 0.2) is 30.5 Å². The lowest BCUT2D eigenvalue weighted by atomic mass is 10.1. The molecular weight excluding hydrogens is 264 g/mol. The number of aromatic nitrogens is 1. The molecule has 1 atom stereocenters. The number of carbonyl (C=O) groups is 1. The zero-order chi connectivity index (χ0) is 14.7. The molecule has 0 radical (unpaired) electrons. The second-order valence-electron chi connectivity index (χ2n) is 5.72. The first-order chi connectivity index (χ1) is 10.3. The van der Waals surface area contributed by atoms with Crippen molar-refractivity contribution in [2.45, 2.75) is 32.2 Å². The summed E-state index contributed by atoms with van der Waals surface area (Å²) in [7, 11) is 0. The monoisotopic (exact) mass is 286 g/mol. The fourth-order valence-electron chi connectivity index (χ4n) is 3.01. The summed E-state index contributed by atoms with van der Waals surface area (Å²) >= 11 is 0. The molecule has 0 saturated carbocycles. The summed E-state index contributed by atoms with van der Waals surface area (Å²) in [6, 6.07) is 8.51. The molecule has 1 N–H and O–H groups in total. The number of hydrogen-bond donors (Lipinski definition) is 1. The van der Waals surface area contributed by atoms with E-state index in [1.54, 1.807) is 0 Å². The van der Waals surface area contributed by atoms with Gasteiger partial charge in [0.05, 0.1) is 19.3 Å². The van der Waals surface area contributed by atoms with Crippen LogP contribution in [0, 0.1) is 0 Å². The number of benzene rings is 1. The summed E-state index contributed by atoms with van der Waals surface area (Å²) in [5.74, 6) is 0.255. The molecule has 1 aliphatic heterocycles. The maximum Gasteiger partial charge on any atom is 0.222 e. The summed E-state index contributed by atoms with van der Waals surface area (Å²) < 4.78 is 5.38. The molecule has 3 rings (SSSR count). The van der Waals surface area contributed by atoms with Gasteiger partial charge < -0.3 is 14.6 Å². The third-order valence-electron chi connectivity index (χ3n) is 4.20. The normalized spacial score (nSPS) is 19.1. The highest BCUT2D eigenvalue weighted by Crippen LogP contribution is 2.20. The molecule has 0 bridgehead atoms. The third-order valence-corrected chi connectivity index (χ3v) is 4.20. The number of hydrogen-bond acceptors (Lipinski definition) is 2. The van der Waals surface area contributed by atoms with Gasteiger partial charge in [0.15, 0.2) is 0 Å². The van der Waals surface area contributed by atoms with Crippen LogP contribution in [0.4, 0.5) is 0 Å². The van der Waals surface area contributed by atoms with Gasteiger partial charge in [0.25, 0.3) is 0 Å². The minimum Gasteiger partial charge on any atom is -0.377 e. The van der Waals surface area contributed by atoms with Crippen molar-refractivity contribution >= 4 is 16.8 Å². The van der Waals surface area contributed by atoms with E-state index in [0.717, 1.165) is 19.4 Å². The number of ether oxygens (including phenoxy) is 1. The van der Waals surface area contributed by atoms with E-state index in [1.165, 1.54) is 16.5 Å². The van der Waals surface area contributed by atoms with Gasteiger partial charge in [-0.3, -0.25) is 4.79 Å². The quantitative estimate of drug-likeness (QED) is 0.939. The summed E-state index contributed by atoms with van der Waals surface area (Å²) in [5.41, 5.74) is 2.47. The maximum absolute atomic E-state index is 12.3. The van der Waals surface area contributed by atoms with Gasteiger partial charge in [-0.2, -0.15) is 0 Å². The number of fused-ring (bicyclic) bond motifs is 1. The largest absolute Gasteiger partial charge is 0.377 e. The van der Waals surface area contributed by atoms with E-state index in [9.17, 15) is 4.79 Å². The van der Waals surface area contributed by atoms with Crippen LogP contribution < -0.4 is 0 Å². The molecular formula is C17H22N2O2. The second-order valence-corrected chi connectivity index (χ2v) is 5.72. The number of amides is 1. The number of aryl methyl sites for hydroxylation is 1. The Morgan fingerprint density at radius 1 is 1.43 bits per heavy atom. The van der Waals surface area contributed by atoms with Crippen LogP contribution in [0.1, 0.15) is 25.3 Å². The van der Waals surface area contributed by atoms with Gasteiger partial charge in [-0.15, -0.1) is 0 Å². The molecule has 112 valence electrons. The molecule has 1 saturated heterocycles. The number of para-hydroxylation sites is 1. The molecule has 1 aromatic heterocycles. The molecule has 2 aromatic rings. The Morgan fingerprint density at radius 3 is 3.14 bits per heavy atom. The van der Waals surface area contributed by atoms with Gasteiger partial charge >= 0.3 is 0 Å². The highest BCUT2D eigenvalue weighted by Gasteiger charge is 2.23. The smallest absolute Gasteiger partial charge is 0.222 e. The average molecular weight is 286 g/mol. The standard InChI is InChI=1S/C17H22N2O2/c1-13-12-21-10-9-19(13)17(20)8-4-5-14-11-18-16-7-3-2-6-15(14)16/h2-3,6-7,11,13,18H,4-5,8-10,12H2,1H3/t13-/m1/s1. The Kier molecular flexibility index (Phi) is 4.25. The van der Waals surface area contributed by atoms with Crippen molar-refractivity contribution in [1.29, 1.82) is 0 Å². The number of nitrogens with zero attached hydrogens (tertiary/aromatic N) is 1. The minimum atomic E-state index is 0.208. The Bertz CT molecular complexity index is 620. The molecule has 2 heterocycles. The Morgan fingerprint density at radius 2 is 2.29 bits per heavy atom. The van der Waals surface area contributed by atoms with Crippen molar-refractivity contribution in [2.75, 3.05) is 19.8 Å². The van der Waals surface area contributed by atoms with Crippen molar-refractivity contribution in [2.24, 2.45) is 0 Å². The highest BCUT2D eigenvalue weighted by atomic mass is 16.5. The van der Waals surface area contributed by atoms with E-state index >= 15 is 0 Å². The van der Waals surface area contributed by atoms with E-state index < -0.39 is 0 Å². The van der Waals surface area contributed by atoms with Crippen molar-refractivity contribution in [1.82, 2.24) is 9.88 Å². The fraction of sp³-hybridized carbons (Fsp3) is 0.471. The zero-order valence-electron chi connectivity index (χ0n) is 12.5. The van der Waals surface area contributed by atoms with Gasteiger partial charge in [0.2, 0.25) is 5.91 Å². The molecule has 0 spiro atoms. The number of carbonyl (C=O) groups excluding carboxylic acids is 1. The first-order valence-electron chi connectivity index (χ1n) is 7.68. The van der Waals surface area contributed by atoms with E-state index in [4.69, 9.17) is 4.74 Å². The molecule has 0 unspecified atom stereocenters. The zero-order valence-corrected chi connectivity index (χ0v) is 12.5.